The molecule has 0 aliphatic carbocycles. The van der Waals surface area contributed by atoms with Gasteiger partial charge in [0.25, 0.3) is 5.91 Å². The number of carbonyl (C=O) groups excluding carboxylic acids is 2. The molecule has 0 radical (unpaired) electrons. The van der Waals surface area contributed by atoms with Crippen LogP contribution in [0.1, 0.15) is 37.6 Å². The van der Waals surface area contributed by atoms with Crippen molar-refractivity contribution in [2.75, 3.05) is 20.3 Å². The van der Waals surface area contributed by atoms with Gasteiger partial charge in [-0.25, -0.2) is 17.9 Å². The highest BCUT2D eigenvalue weighted by molar-refractivity contribution is 7.89. The molecule has 0 spiro atoms. The monoisotopic (exact) mass is 386 g/mol. The fourth-order valence-corrected chi connectivity index (χ4v) is 3.22. The summed E-state index contributed by atoms with van der Waals surface area (Å²) in [4.78, 5) is 23.9. The lowest BCUT2D eigenvalue weighted by Gasteiger charge is -2.14. The van der Waals surface area contributed by atoms with Crippen molar-refractivity contribution >= 4 is 21.9 Å². The Morgan fingerprint density at radius 3 is 2.31 bits per heavy atom. The quantitative estimate of drug-likeness (QED) is 0.460. The lowest BCUT2D eigenvalue weighted by Crippen LogP contribution is -2.37. The van der Waals surface area contributed by atoms with Crippen molar-refractivity contribution in [3.05, 3.63) is 29.8 Å². The van der Waals surface area contributed by atoms with Gasteiger partial charge in [0.05, 0.1) is 17.1 Å². The second kappa shape index (κ2) is 10.2. The molecule has 1 rings (SSSR count). The first-order valence-electron chi connectivity index (χ1n) is 8.31. The number of esters is 1. The van der Waals surface area contributed by atoms with Crippen LogP contribution >= 0.6 is 0 Å². The molecule has 0 unspecified atom stereocenters. The Morgan fingerprint density at radius 1 is 1.15 bits per heavy atom. The molecule has 2 N–H and O–H groups in total. The van der Waals surface area contributed by atoms with Crippen molar-refractivity contribution in [2.45, 2.75) is 44.2 Å². The van der Waals surface area contributed by atoms with Crippen molar-refractivity contribution in [3.63, 3.8) is 0 Å². The van der Waals surface area contributed by atoms with Crippen LogP contribution in [0.15, 0.2) is 29.2 Å². The van der Waals surface area contributed by atoms with Gasteiger partial charge in [0.1, 0.15) is 0 Å². The molecule has 2 atom stereocenters. The Kier molecular flexibility index (Phi) is 8.70. The number of ether oxygens (including phenoxy) is 2. The van der Waals surface area contributed by atoms with Gasteiger partial charge in [-0.05, 0) is 44.5 Å². The third-order valence-corrected chi connectivity index (χ3v) is 5.23. The largest absolute Gasteiger partial charge is 0.449 e. The first-order chi connectivity index (χ1) is 12.2. The second-order valence-corrected chi connectivity index (χ2v) is 7.50. The highest BCUT2D eigenvalue weighted by Crippen LogP contribution is 2.13. The van der Waals surface area contributed by atoms with E-state index in [1.54, 1.807) is 6.92 Å². The Bertz CT molecular complexity index is 702. The number of rotatable bonds is 10. The van der Waals surface area contributed by atoms with Gasteiger partial charge in [-0.15, -0.1) is 0 Å². The van der Waals surface area contributed by atoms with Crippen LogP contribution in [0, 0.1) is 0 Å². The van der Waals surface area contributed by atoms with E-state index in [1.807, 2.05) is 6.92 Å². The highest BCUT2D eigenvalue weighted by atomic mass is 32.2. The topological polar surface area (TPSA) is 111 Å². The summed E-state index contributed by atoms with van der Waals surface area (Å²) in [6.07, 6.45) is -0.316. The van der Waals surface area contributed by atoms with Gasteiger partial charge in [-0.1, -0.05) is 6.92 Å². The maximum Gasteiger partial charge on any atom is 0.338 e. The minimum absolute atomic E-state index is 0.0553. The summed E-state index contributed by atoms with van der Waals surface area (Å²) in [6.45, 7) is 5.76. The summed E-state index contributed by atoms with van der Waals surface area (Å²) in [6, 6.07) is 5.16. The Morgan fingerprint density at radius 2 is 1.77 bits per heavy atom. The number of amides is 1. The van der Waals surface area contributed by atoms with E-state index in [0.717, 1.165) is 0 Å². The number of carbonyl (C=O) groups is 2. The summed E-state index contributed by atoms with van der Waals surface area (Å²) in [5.41, 5.74) is 0.157. The number of methoxy groups -OCH3 is 1. The number of nitrogens with one attached hydrogen (secondary N) is 2. The van der Waals surface area contributed by atoms with Gasteiger partial charge in [0, 0.05) is 19.7 Å². The first kappa shape index (κ1) is 22.1. The first-order valence-corrected chi connectivity index (χ1v) is 9.79. The second-order valence-electron chi connectivity index (χ2n) is 5.79. The normalized spacial score (nSPS) is 13.7. The van der Waals surface area contributed by atoms with E-state index in [9.17, 15) is 18.0 Å². The zero-order valence-electron chi connectivity index (χ0n) is 15.4. The molecule has 0 saturated heterocycles. The summed E-state index contributed by atoms with van der Waals surface area (Å²) in [7, 11) is -2.13. The minimum atomic E-state index is -3.64. The van der Waals surface area contributed by atoms with Gasteiger partial charge in [-0.2, -0.15) is 0 Å². The summed E-state index contributed by atoms with van der Waals surface area (Å²) in [5.74, 6) is -1.15. The summed E-state index contributed by atoms with van der Waals surface area (Å²) < 4.78 is 36.8. The van der Waals surface area contributed by atoms with Crippen LogP contribution in [-0.4, -0.2) is 52.7 Å². The molecule has 0 aromatic heterocycles. The van der Waals surface area contributed by atoms with Crippen LogP contribution in [0.3, 0.4) is 0 Å². The number of hydrogen-bond donors (Lipinski definition) is 2. The Balaban J connectivity index is 2.70. The zero-order valence-corrected chi connectivity index (χ0v) is 16.3. The molecule has 0 aliphatic rings. The molecule has 0 saturated carbocycles. The fourth-order valence-electron chi connectivity index (χ4n) is 1.89. The molecule has 8 nitrogen and oxygen atoms in total. The van der Waals surface area contributed by atoms with Gasteiger partial charge in [0.2, 0.25) is 10.0 Å². The number of hydrogen-bond acceptors (Lipinski definition) is 6. The molecule has 0 heterocycles. The zero-order chi connectivity index (χ0) is 19.7. The van der Waals surface area contributed by atoms with Crippen LogP contribution in [0.5, 0.6) is 0 Å². The third-order valence-electron chi connectivity index (χ3n) is 3.63. The predicted molar refractivity (Wildman–Crippen MR) is 96.3 cm³/mol. The number of sulfonamides is 1. The minimum Gasteiger partial charge on any atom is -0.449 e. The van der Waals surface area contributed by atoms with Crippen LogP contribution in [0.4, 0.5) is 0 Å². The molecular formula is C17H26N2O6S. The maximum atomic E-state index is 12.2. The van der Waals surface area contributed by atoms with Crippen LogP contribution in [0.2, 0.25) is 0 Å². The molecule has 146 valence electrons. The molecule has 1 aromatic carbocycles. The number of benzene rings is 1. The van der Waals surface area contributed by atoms with E-state index < -0.39 is 28.0 Å². The van der Waals surface area contributed by atoms with Gasteiger partial charge >= 0.3 is 5.97 Å². The van der Waals surface area contributed by atoms with Crippen molar-refractivity contribution in [3.8, 4) is 0 Å². The van der Waals surface area contributed by atoms with Gasteiger partial charge in [0.15, 0.2) is 6.10 Å². The van der Waals surface area contributed by atoms with Crippen LogP contribution < -0.4 is 10.0 Å². The van der Waals surface area contributed by atoms with E-state index in [-0.39, 0.29) is 16.5 Å². The predicted octanol–water partition coefficient (Wildman–Crippen LogP) is 1.07. The van der Waals surface area contributed by atoms with Crippen LogP contribution in [-0.2, 0) is 24.3 Å². The maximum absolute atomic E-state index is 12.2. The summed E-state index contributed by atoms with van der Waals surface area (Å²) >= 11 is 0. The molecule has 26 heavy (non-hydrogen) atoms. The summed E-state index contributed by atoms with van der Waals surface area (Å²) in [5, 5.41) is 2.56. The van der Waals surface area contributed by atoms with Crippen molar-refractivity contribution in [2.24, 2.45) is 0 Å². The Hall–Kier alpha value is -1.97. The lowest BCUT2D eigenvalue weighted by atomic mass is 10.2. The average Bonchev–Trinajstić information content (AvgIpc) is 2.61. The molecule has 9 heteroatoms. The Labute approximate surface area is 154 Å². The van der Waals surface area contributed by atoms with E-state index in [4.69, 9.17) is 9.47 Å². The smallest absolute Gasteiger partial charge is 0.338 e. The molecule has 1 amide bonds. The third kappa shape index (κ3) is 6.74. The van der Waals surface area contributed by atoms with Gasteiger partial charge < -0.3 is 14.8 Å². The molecular weight excluding hydrogens is 360 g/mol. The standard InChI is InChI=1S/C17H26N2O6S/c1-5-12(2)19-26(22,23)15-8-6-14(7-9-15)17(21)25-13(3)16(20)18-10-11-24-4/h6-9,12-13,19H,5,10-11H2,1-4H3,(H,18,20)/t12-,13-/m0/s1. The lowest BCUT2D eigenvalue weighted by molar-refractivity contribution is -0.129. The van der Waals surface area contributed by atoms with E-state index in [2.05, 4.69) is 10.0 Å². The fraction of sp³-hybridized carbons (Fsp3) is 0.529. The van der Waals surface area contributed by atoms with E-state index >= 15 is 0 Å². The highest BCUT2D eigenvalue weighted by Gasteiger charge is 2.20. The molecule has 1 aromatic rings. The SMILES string of the molecule is CC[C@H](C)NS(=O)(=O)c1ccc(C(=O)O[C@@H](C)C(=O)NCCOC)cc1. The molecule has 0 fully saturated rings. The van der Waals surface area contributed by atoms with E-state index in [0.29, 0.717) is 19.6 Å². The van der Waals surface area contributed by atoms with Crippen LogP contribution in [0.25, 0.3) is 0 Å². The van der Waals surface area contributed by atoms with Crippen molar-refractivity contribution in [1.82, 2.24) is 10.0 Å². The average molecular weight is 386 g/mol. The van der Waals surface area contributed by atoms with Crippen molar-refractivity contribution < 1.29 is 27.5 Å². The van der Waals surface area contributed by atoms with Gasteiger partial charge in [-0.3, -0.25) is 4.79 Å². The molecule has 0 bridgehead atoms. The van der Waals surface area contributed by atoms with Crippen molar-refractivity contribution in [1.29, 1.82) is 0 Å². The van der Waals surface area contributed by atoms with E-state index in [1.165, 1.54) is 38.3 Å². The molecule has 0 aliphatic heterocycles.